The first-order chi connectivity index (χ1) is 14.2. The van der Waals surface area contributed by atoms with Crippen molar-refractivity contribution in [1.29, 1.82) is 0 Å². The van der Waals surface area contributed by atoms with Gasteiger partial charge in [-0.25, -0.2) is 13.2 Å². The average Bonchev–Trinajstić information content (AvgIpc) is 2.72. The molecule has 0 aliphatic rings. The molecule has 0 spiro atoms. The van der Waals surface area contributed by atoms with Crippen LogP contribution in [-0.4, -0.2) is 45.5 Å². The quantitative estimate of drug-likeness (QED) is 0.620. The molecule has 0 saturated carbocycles. The van der Waals surface area contributed by atoms with Crippen molar-refractivity contribution < 1.29 is 22.8 Å². The van der Waals surface area contributed by atoms with Gasteiger partial charge in [0.15, 0.2) is 0 Å². The molecule has 0 aliphatic heterocycles. The predicted octanol–water partition coefficient (Wildman–Crippen LogP) is 3.01. The summed E-state index contributed by atoms with van der Waals surface area (Å²) in [7, 11) is -3.18. The highest BCUT2D eigenvalue weighted by Crippen LogP contribution is 2.24. The van der Waals surface area contributed by atoms with Crippen LogP contribution in [0.1, 0.15) is 29.8 Å². The van der Waals surface area contributed by atoms with E-state index in [-0.39, 0.29) is 12.2 Å². The van der Waals surface area contributed by atoms with Gasteiger partial charge in [0.1, 0.15) is 9.84 Å². The Morgan fingerprint density at radius 2 is 1.70 bits per heavy atom. The van der Waals surface area contributed by atoms with Crippen LogP contribution in [0.15, 0.2) is 48.5 Å². The number of carbonyl (C=O) groups is 2. The van der Waals surface area contributed by atoms with Crippen molar-refractivity contribution in [2.45, 2.75) is 20.3 Å². The number of amides is 2. The summed E-state index contributed by atoms with van der Waals surface area (Å²) in [5, 5.41) is 2.57. The van der Waals surface area contributed by atoms with Gasteiger partial charge in [-0.1, -0.05) is 18.2 Å². The standard InChI is InChI=1S/C21H27N3O5S/c1-4-24(5-2)18-11-12-19(17(15-18)13-14-30(3,27)28)22-21(26)29-23-20(25)16-9-7-6-8-10-16/h6-12,15H,4-5,13-14H2,1-3H3,(H,22,26)(H,23,25). The van der Waals surface area contributed by atoms with E-state index in [0.29, 0.717) is 16.8 Å². The minimum absolute atomic E-state index is 0.0524. The van der Waals surface area contributed by atoms with Crippen LogP contribution in [0, 0.1) is 0 Å². The fraction of sp³-hybridized carbons (Fsp3) is 0.333. The summed E-state index contributed by atoms with van der Waals surface area (Å²) in [6.07, 6.45) is 0.525. The predicted molar refractivity (Wildman–Crippen MR) is 117 cm³/mol. The highest BCUT2D eigenvalue weighted by atomic mass is 32.2. The van der Waals surface area contributed by atoms with Crippen molar-refractivity contribution in [3.8, 4) is 0 Å². The number of rotatable bonds is 8. The van der Waals surface area contributed by atoms with Crippen LogP contribution in [0.5, 0.6) is 0 Å². The van der Waals surface area contributed by atoms with E-state index in [0.717, 1.165) is 18.8 Å². The summed E-state index contributed by atoms with van der Waals surface area (Å²) < 4.78 is 23.2. The lowest BCUT2D eigenvalue weighted by atomic mass is 10.1. The van der Waals surface area contributed by atoms with Crippen LogP contribution in [0.25, 0.3) is 0 Å². The fourth-order valence-electron chi connectivity index (χ4n) is 2.87. The first-order valence-corrected chi connectivity index (χ1v) is 11.7. The zero-order valence-corrected chi connectivity index (χ0v) is 18.2. The van der Waals surface area contributed by atoms with E-state index < -0.39 is 21.8 Å². The Hall–Kier alpha value is -3.07. The van der Waals surface area contributed by atoms with Crippen LogP contribution < -0.4 is 15.7 Å². The van der Waals surface area contributed by atoms with Gasteiger partial charge < -0.3 is 9.74 Å². The third-order valence-electron chi connectivity index (χ3n) is 4.47. The number of aryl methyl sites for hydroxylation is 1. The molecule has 0 fully saturated rings. The van der Waals surface area contributed by atoms with Crippen LogP contribution in [0.3, 0.4) is 0 Å². The highest BCUT2D eigenvalue weighted by Gasteiger charge is 2.14. The number of hydroxylamine groups is 1. The van der Waals surface area contributed by atoms with Crippen molar-refractivity contribution in [3.05, 3.63) is 59.7 Å². The van der Waals surface area contributed by atoms with Crippen molar-refractivity contribution in [2.75, 3.05) is 35.3 Å². The Labute approximate surface area is 177 Å². The van der Waals surface area contributed by atoms with E-state index in [1.807, 2.05) is 26.0 Å². The molecule has 30 heavy (non-hydrogen) atoms. The molecule has 0 saturated heterocycles. The third-order valence-corrected chi connectivity index (χ3v) is 5.41. The average molecular weight is 434 g/mol. The van der Waals surface area contributed by atoms with Gasteiger partial charge in [0.2, 0.25) is 0 Å². The minimum Gasteiger partial charge on any atom is -0.372 e. The van der Waals surface area contributed by atoms with Gasteiger partial charge in [-0.05, 0) is 56.2 Å². The number of nitrogens with zero attached hydrogens (tertiary/aromatic N) is 1. The second-order valence-electron chi connectivity index (χ2n) is 6.71. The van der Waals surface area contributed by atoms with Crippen molar-refractivity contribution in [3.63, 3.8) is 0 Å². The number of anilines is 2. The van der Waals surface area contributed by atoms with E-state index in [4.69, 9.17) is 4.84 Å². The van der Waals surface area contributed by atoms with Gasteiger partial charge >= 0.3 is 6.09 Å². The van der Waals surface area contributed by atoms with Gasteiger partial charge in [0, 0.05) is 36.3 Å². The molecular formula is C21H27N3O5S. The lowest BCUT2D eigenvalue weighted by Crippen LogP contribution is -2.30. The molecule has 0 aliphatic carbocycles. The maximum Gasteiger partial charge on any atom is 0.436 e. The zero-order valence-electron chi connectivity index (χ0n) is 17.3. The molecule has 2 aromatic carbocycles. The number of carbonyl (C=O) groups excluding carboxylic acids is 2. The molecule has 2 amide bonds. The molecule has 0 aromatic heterocycles. The first-order valence-electron chi connectivity index (χ1n) is 9.62. The molecule has 8 nitrogen and oxygen atoms in total. The summed E-state index contributed by atoms with van der Waals surface area (Å²) in [5.41, 5.74) is 4.46. The maximum absolute atomic E-state index is 12.2. The van der Waals surface area contributed by atoms with Crippen molar-refractivity contribution in [1.82, 2.24) is 5.48 Å². The first kappa shape index (κ1) is 23.2. The molecule has 0 radical (unpaired) electrons. The topological polar surface area (TPSA) is 105 Å². The maximum atomic E-state index is 12.2. The lowest BCUT2D eigenvalue weighted by Gasteiger charge is -2.23. The largest absolute Gasteiger partial charge is 0.436 e. The summed E-state index contributed by atoms with van der Waals surface area (Å²) in [6.45, 7) is 5.64. The third kappa shape index (κ3) is 7.07. The number of nitrogens with one attached hydrogen (secondary N) is 2. The number of hydrogen-bond acceptors (Lipinski definition) is 6. The number of hydrogen-bond donors (Lipinski definition) is 2. The molecule has 9 heteroatoms. The Balaban J connectivity index is 2.11. The summed E-state index contributed by atoms with van der Waals surface area (Å²) in [5.74, 6) is -0.608. The summed E-state index contributed by atoms with van der Waals surface area (Å²) in [6, 6.07) is 13.7. The smallest absolute Gasteiger partial charge is 0.372 e. The Morgan fingerprint density at radius 3 is 2.30 bits per heavy atom. The molecule has 2 aromatic rings. The fourth-order valence-corrected chi connectivity index (χ4v) is 3.46. The van der Waals surface area contributed by atoms with E-state index in [2.05, 4.69) is 15.7 Å². The van der Waals surface area contributed by atoms with Crippen LogP contribution in [0.2, 0.25) is 0 Å². The summed E-state index contributed by atoms with van der Waals surface area (Å²) >= 11 is 0. The van der Waals surface area contributed by atoms with E-state index in [9.17, 15) is 18.0 Å². The molecule has 0 unspecified atom stereocenters. The van der Waals surface area contributed by atoms with Gasteiger partial charge in [-0.15, -0.1) is 0 Å². The van der Waals surface area contributed by atoms with Crippen LogP contribution in [-0.2, 0) is 21.1 Å². The number of sulfone groups is 1. The lowest BCUT2D eigenvalue weighted by molar-refractivity contribution is 0.0615. The molecule has 162 valence electrons. The van der Waals surface area contributed by atoms with E-state index >= 15 is 0 Å². The minimum atomic E-state index is -3.18. The van der Waals surface area contributed by atoms with Crippen LogP contribution >= 0.6 is 0 Å². The summed E-state index contributed by atoms with van der Waals surface area (Å²) in [4.78, 5) is 31.1. The molecule has 0 bridgehead atoms. The molecule has 2 N–H and O–H groups in total. The van der Waals surface area contributed by atoms with E-state index in [1.165, 1.54) is 6.26 Å². The van der Waals surface area contributed by atoms with Gasteiger partial charge in [0.05, 0.1) is 5.75 Å². The Kier molecular flexibility index (Phi) is 8.23. The second-order valence-corrected chi connectivity index (χ2v) is 8.97. The normalized spacial score (nSPS) is 10.9. The van der Waals surface area contributed by atoms with Crippen molar-refractivity contribution in [2.24, 2.45) is 0 Å². The van der Waals surface area contributed by atoms with E-state index in [1.54, 1.807) is 36.4 Å². The SMILES string of the molecule is CCN(CC)c1ccc(NC(=O)ONC(=O)c2ccccc2)c(CCS(C)(=O)=O)c1. The van der Waals surface area contributed by atoms with Gasteiger partial charge in [-0.3, -0.25) is 10.1 Å². The second kappa shape index (κ2) is 10.6. The molecular weight excluding hydrogens is 406 g/mol. The van der Waals surface area contributed by atoms with Crippen molar-refractivity contribution >= 4 is 33.2 Å². The highest BCUT2D eigenvalue weighted by molar-refractivity contribution is 7.90. The molecule has 2 rings (SSSR count). The zero-order chi connectivity index (χ0) is 22.1. The number of benzene rings is 2. The molecule has 0 atom stereocenters. The molecule has 0 heterocycles. The monoisotopic (exact) mass is 433 g/mol. The van der Waals surface area contributed by atoms with Gasteiger partial charge in [-0.2, -0.15) is 5.48 Å². The Morgan fingerprint density at radius 1 is 1.03 bits per heavy atom. The Bertz CT molecular complexity index is 973. The van der Waals surface area contributed by atoms with Gasteiger partial charge in [0.25, 0.3) is 5.91 Å². The van der Waals surface area contributed by atoms with Crippen LogP contribution in [0.4, 0.5) is 16.2 Å².